The normalized spacial score (nSPS) is 10.3. The molecule has 3 rings (SSSR count). The summed E-state index contributed by atoms with van der Waals surface area (Å²) in [5, 5.41) is 7.07. The van der Waals surface area contributed by atoms with Gasteiger partial charge in [0.05, 0.1) is 12.3 Å². The molecular formula is C19H17N3O3. The lowest BCUT2D eigenvalue weighted by Gasteiger charge is -2.08. The molecule has 2 aromatic carbocycles. The van der Waals surface area contributed by atoms with E-state index in [1.54, 1.807) is 31.2 Å². The molecule has 1 N–H and O–H groups in total. The van der Waals surface area contributed by atoms with Gasteiger partial charge in [0.2, 0.25) is 0 Å². The minimum absolute atomic E-state index is 0.133. The van der Waals surface area contributed by atoms with E-state index < -0.39 is 5.97 Å². The topological polar surface area (TPSA) is 73.2 Å². The molecule has 0 fully saturated rings. The third-order valence-electron chi connectivity index (χ3n) is 3.47. The molecule has 0 saturated carbocycles. The first-order valence-corrected chi connectivity index (χ1v) is 7.88. The number of hydrogen-bond donors (Lipinski definition) is 1. The number of amides is 1. The zero-order valence-electron chi connectivity index (χ0n) is 13.7. The number of ether oxygens (including phenoxy) is 1. The molecule has 25 heavy (non-hydrogen) atoms. The molecule has 0 unspecified atom stereocenters. The van der Waals surface area contributed by atoms with Gasteiger partial charge in [-0.3, -0.25) is 4.79 Å². The van der Waals surface area contributed by atoms with Crippen LogP contribution in [-0.4, -0.2) is 28.3 Å². The average molecular weight is 335 g/mol. The van der Waals surface area contributed by atoms with Crippen LogP contribution in [0.15, 0.2) is 66.7 Å². The second-order valence-corrected chi connectivity index (χ2v) is 5.20. The van der Waals surface area contributed by atoms with Crippen molar-refractivity contribution in [2.24, 2.45) is 0 Å². The molecule has 0 aliphatic rings. The highest BCUT2D eigenvalue weighted by atomic mass is 16.5. The van der Waals surface area contributed by atoms with E-state index in [-0.39, 0.29) is 18.2 Å². The van der Waals surface area contributed by atoms with Crippen molar-refractivity contribution >= 4 is 17.7 Å². The maximum absolute atomic E-state index is 12.4. The Hall–Kier alpha value is -3.41. The van der Waals surface area contributed by atoms with Crippen LogP contribution in [-0.2, 0) is 4.74 Å². The Kier molecular flexibility index (Phi) is 4.89. The van der Waals surface area contributed by atoms with Crippen molar-refractivity contribution in [1.82, 2.24) is 9.78 Å². The van der Waals surface area contributed by atoms with Gasteiger partial charge in [0, 0.05) is 11.6 Å². The molecule has 1 aromatic heterocycles. The molecule has 0 bridgehead atoms. The highest BCUT2D eigenvalue weighted by molar-refractivity contribution is 6.04. The number of rotatable bonds is 5. The summed E-state index contributed by atoms with van der Waals surface area (Å²) in [5.74, 6) is -0.427. The molecule has 6 nitrogen and oxygen atoms in total. The number of aromatic nitrogens is 2. The number of esters is 1. The molecule has 6 heteroatoms. The number of hydrogen-bond acceptors (Lipinski definition) is 4. The van der Waals surface area contributed by atoms with Crippen molar-refractivity contribution in [3.63, 3.8) is 0 Å². The van der Waals surface area contributed by atoms with E-state index in [0.717, 1.165) is 5.69 Å². The molecule has 126 valence electrons. The van der Waals surface area contributed by atoms with Crippen LogP contribution in [0.5, 0.6) is 0 Å². The lowest BCUT2D eigenvalue weighted by atomic mass is 10.2. The molecule has 0 atom stereocenters. The van der Waals surface area contributed by atoms with E-state index in [4.69, 9.17) is 4.74 Å². The standard InChI is InChI=1S/C19H17N3O3/c1-2-25-19(24)16-13-17(20-18(23)14-9-5-3-6-10-14)22(21-16)15-11-7-4-8-12-15/h3-13H,2H2,1H3,(H,20,23). The molecule has 0 spiro atoms. The molecule has 0 aliphatic heterocycles. The van der Waals surface area contributed by atoms with E-state index in [2.05, 4.69) is 10.4 Å². The van der Waals surface area contributed by atoms with Crippen LogP contribution in [0.2, 0.25) is 0 Å². The summed E-state index contributed by atoms with van der Waals surface area (Å²) >= 11 is 0. The van der Waals surface area contributed by atoms with Crippen LogP contribution < -0.4 is 5.32 Å². The van der Waals surface area contributed by atoms with E-state index in [1.165, 1.54) is 10.7 Å². The molecule has 0 radical (unpaired) electrons. The Morgan fingerprint density at radius 1 is 1.04 bits per heavy atom. The van der Waals surface area contributed by atoms with Gasteiger partial charge in [0.25, 0.3) is 5.91 Å². The Morgan fingerprint density at radius 3 is 2.32 bits per heavy atom. The van der Waals surface area contributed by atoms with Gasteiger partial charge in [-0.15, -0.1) is 0 Å². The first-order chi connectivity index (χ1) is 12.2. The lowest BCUT2D eigenvalue weighted by molar-refractivity contribution is 0.0519. The SMILES string of the molecule is CCOC(=O)c1cc(NC(=O)c2ccccc2)n(-c2ccccc2)n1. The van der Waals surface area contributed by atoms with Gasteiger partial charge in [0.1, 0.15) is 5.82 Å². The van der Waals surface area contributed by atoms with Crippen LogP contribution in [0.3, 0.4) is 0 Å². The average Bonchev–Trinajstić information content (AvgIpc) is 3.07. The Labute approximate surface area is 145 Å². The summed E-state index contributed by atoms with van der Waals surface area (Å²) < 4.78 is 6.50. The van der Waals surface area contributed by atoms with E-state index in [1.807, 2.05) is 36.4 Å². The molecular weight excluding hydrogens is 318 g/mol. The highest BCUT2D eigenvalue weighted by Crippen LogP contribution is 2.19. The number of carbonyl (C=O) groups excluding carboxylic acids is 2. The fourth-order valence-corrected chi connectivity index (χ4v) is 2.32. The first kappa shape index (κ1) is 16.4. The number of nitrogens with zero attached hydrogens (tertiary/aromatic N) is 2. The summed E-state index contributed by atoms with van der Waals surface area (Å²) in [6, 6.07) is 19.6. The third kappa shape index (κ3) is 3.74. The summed E-state index contributed by atoms with van der Waals surface area (Å²) in [7, 11) is 0. The number of nitrogens with one attached hydrogen (secondary N) is 1. The molecule has 1 heterocycles. The number of carbonyl (C=O) groups is 2. The van der Waals surface area contributed by atoms with Crippen molar-refractivity contribution in [1.29, 1.82) is 0 Å². The third-order valence-corrected chi connectivity index (χ3v) is 3.47. The lowest BCUT2D eigenvalue weighted by Crippen LogP contribution is -2.15. The predicted molar refractivity (Wildman–Crippen MR) is 93.9 cm³/mol. The van der Waals surface area contributed by atoms with Gasteiger partial charge in [-0.2, -0.15) is 5.10 Å². The molecule has 0 aliphatic carbocycles. The zero-order valence-corrected chi connectivity index (χ0v) is 13.7. The van der Waals surface area contributed by atoms with E-state index in [9.17, 15) is 9.59 Å². The summed E-state index contributed by atoms with van der Waals surface area (Å²) in [6.45, 7) is 1.98. The van der Waals surface area contributed by atoms with E-state index in [0.29, 0.717) is 11.4 Å². The van der Waals surface area contributed by atoms with Gasteiger partial charge >= 0.3 is 5.97 Å². The summed E-state index contributed by atoms with van der Waals surface area (Å²) in [6.07, 6.45) is 0. The predicted octanol–water partition coefficient (Wildman–Crippen LogP) is 3.30. The minimum atomic E-state index is -0.535. The highest BCUT2D eigenvalue weighted by Gasteiger charge is 2.18. The molecule has 0 saturated heterocycles. The maximum Gasteiger partial charge on any atom is 0.358 e. The van der Waals surface area contributed by atoms with Crippen molar-refractivity contribution in [2.75, 3.05) is 11.9 Å². The maximum atomic E-state index is 12.4. The molecule has 1 amide bonds. The number of benzene rings is 2. The second-order valence-electron chi connectivity index (χ2n) is 5.20. The minimum Gasteiger partial charge on any atom is -0.461 e. The van der Waals surface area contributed by atoms with Crippen LogP contribution >= 0.6 is 0 Å². The van der Waals surface area contributed by atoms with Gasteiger partial charge in [-0.1, -0.05) is 36.4 Å². The first-order valence-electron chi connectivity index (χ1n) is 7.88. The van der Waals surface area contributed by atoms with Crippen molar-refractivity contribution < 1.29 is 14.3 Å². The van der Waals surface area contributed by atoms with Crippen LogP contribution in [0.4, 0.5) is 5.82 Å². The van der Waals surface area contributed by atoms with Gasteiger partial charge < -0.3 is 10.1 Å². The Bertz CT molecular complexity index is 873. The largest absolute Gasteiger partial charge is 0.461 e. The Balaban J connectivity index is 1.96. The number of para-hydroxylation sites is 1. The van der Waals surface area contributed by atoms with Crippen LogP contribution in [0, 0.1) is 0 Å². The zero-order chi connectivity index (χ0) is 17.6. The molecule has 3 aromatic rings. The Morgan fingerprint density at radius 2 is 1.68 bits per heavy atom. The van der Waals surface area contributed by atoms with E-state index >= 15 is 0 Å². The summed E-state index contributed by atoms with van der Waals surface area (Å²) in [5.41, 5.74) is 1.37. The monoisotopic (exact) mass is 335 g/mol. The fraction of sp³-hybridized carbons (Fsp3) is 0.105. The quantitative estimate of drug-likeness (QED) is 0.726. The van der Waals surface area contributed by atoms with Crippen molar-refractivity contribution in [3.05, 3.63) is 78.0 Å². The smallest absolute Gasteiger partial charge is 0.358 e. The fourth-order valence-electron chi connectivity index (χ4n) is 2.32. The summed E-state index contributed by atoms with van der Waals surface area (Å²) in [4.78, 5) is 24.4. The van der Waals surface area contributed by atoms with Crippen LogP contribution in [0.25, 0.3) is 5.69 Å². The van der Waals surface area contributed by atoms with Crippen molar-refractivity contribution in [3.8, 4) is 5.69 Å². The number of anilines is 1. The van der Waals surface area contributed by atoms with Gasteiger partial charge in [0.15, 0.2) is 5.69 Å². The second kappa shape index (κ2) is 7.44. The van der Waals surface area contributed by atoms with Crippen molar-refractivity contribution in [2.45, 2.75) is 6.92 Å². The van der Waals surface area contributed by atoms with Gasteiger partial charge in [-0.05, 0) is 31.2 Å². The van der Waals surface area contributed by atoms with Crippen LogP contribution in [0.1, 0.15) is 27.8 Å². The van der Waals surface area contributed by atoms with Gasteiger partial charge in [-0.25, -0.2) is 9.48 Å².